The standard InChI is InChI=1S/C27H42O2/c1-17(2)25(29)11-6-18(3)22-9-10-23-21-8-7-19-16-20(28)12-14-26(19,4)24(21)13-15-27(22,23)5/h6,11,16-18,21-25,29H,7-10,12-15H2,1-5H3/t18-,21+,22-,23+,24+,25+,26+,27-/m1/s1. The lowest BCUT2D eigenvalue weighted by Gasteiger charge is -2.58. The van der Waals surface area contributed by atoms with Gasteiger partial charge in [-0.25, -0.2) is 0 Å². The molecule has 0 heterocycles. The molecule has 2 nitrogen and oxygen atoms in total. The third-order valence-corrected chi connectivity index (χ3v) is 9.96. The van der Waals surface area contributed by atoms with Gasteiger partial charge in [-0.2, -0.15) is 0 Å². The molecule has 0 aromatic heterocycles. The van der Waals surface area contributed by atoms with Crippen LogP contribution in [0.3, 0.4) is 0 Å². The van der Waals surface area contributed by atoms with Gasteiger partial charge in [0.15, 0.2) is 5.78 Å². The van der Waals surface area contributed by atoms with Crippen LogP contribution < -0.4 is 0 Å². The van der Waals surface area contributed by atoms with Crippen LogP contribution in [0.2, 0.25) is 0 Å². The predicted molar refractivity (Wildman–Crippen MR) is 119 cm³/mol. The van der Waals surface area contributed by atoms with Crippen molar-refractivity contribution in [3.63, 3.8) is 0 Å². The lowest BCUT2D eigenvalue weighted by molar-refractivity contribution is -0.117. The van der Waals surface area contributed by atoms with Crippen molar-refractivity contribution in [1.82, 2.24) is 0 Å². The summed E-state index contributed by atoms with van der Waals surface area (Å²) in [5.41, 5.74) is 2.20. The summed E-state index contributed by atoms with van der Waals surface area (Å²) < 4.78 is 0. The Hall–Kier alpha value is -0.890. The molecule has 8 atom stereocenters. The lowest BCUT2D eigenvalue weighted by atomic mass is 9.46. The summed E-state index contributed by atoms with van der Waals surface area (Å²) in [5.74, 6) is 4.38. The first-order valence-electron chi connectivity index (χ1n) is 12.3. The number of hydrogen-bond donors (Lipinski definition) is 1. The van der Waals surface area contributed by atoms with Crippen LogP contribution in [0.15, 0.2) is 23.8 Å². The van der Waals surface area contributed by atoms with Crippen molar-refractivity contribution in [2.24, 2.45) is 46.3 Å². The molecule has 3 fully saturated rings. The molecular weight excluding hydrogens is 356 g/mol. The third kappa shape index (κ3) is 3.48. The average Bonchev–Trinajstić information content (AvgIpc) is 3.03. The molecule has 29 heavy (non-hydrogen) atoms. The van der Waals surface area contributed by atoms with Gasteiger partial charge in [-0.15, -0.1) is 0 Å². The smallest absolute Gasteiger partial charge is 0.155 e. The molecule has 4 aliphatic carbocycles. The number of carbonyl (C=O) groups is 1. The van der Waals surface area contributed by atoms with Crippen LogP contribution >= 0.6 is 0 Å². The molecule has 0 unspecified atom stereocenters. The average molecular weight is 399 g/mol. The SMILES string of the molecule is CC(C)[C@@H](O)C=C[C@@H](C)[C@H]1CC[C@H]2[C@@H]3CCC4=CC(=O)CC[C@]4(C)[C@H]3CC[C@]12C. The monoisotopic (exact) mass is 398 g/mol. The molecule has 0 bridgehead atoms. The van der Waals surface area contributed by atoms with Gasteiger partial charge in [0.25, 0.3) is 0 Å². The minimum absolute atomic E-state index is 0.281. The summed E-state index contributed by atoms with van der Waals surface area (Å²) in [6.45, 7) is 11.6. The van der Waals surface area contributed by atoms with Crippen LogP contribution in [0, 0.1) is 46.3 Å². The number of carbonyl (C=O) groups excluding carboxylic acids is 1. The van der Waals surface area contributed by atoms with Crippen molar-refractivity contribution in [2.75, 3.05) is 0 Å². The van der Waals surface area contributed by atoms with Gasteiger partial charge in [-0.1, -0.05) is 52.3 Å². The van der Waals surface area contributed by atoms with Crippen LogP contribution in [0.1, 0.15) is 86.0 Å². The summed E-state index contributed by atoms with van der Waals surface area (Å²) in [7, 11) is 0. The van der Waals surface area contributed by atoms with E-state index in [1.807, 2.05) is 6.08 Å². The van der Waals surface area contributed by atoms with Gasteiger partial charge in [0, 0.05) is 6.42 Å². The number of hydrogen-bond acceptors (Lipinski definition) is 2. The molecule has 4 aliphatic rings. The zero-order valence-corrected chi connectivity index (χ0v) is 19.3. The van der Waals surface area contributed by atoms with Crippen LogP contribution in [0.5, 0.6) is 0 Å². The lowest BCUT2D eigenvalue weighted by Crippen LogP contribution is -2.50. The fourth-order valence-electron chi connectivity index (χ4n) is 8.11. The molecule has 0 amide bonds. The summed E-state index contributed by atoms with van der Waals surface area (Å²) in [6, 6.07) is 0. The largest absolute Gasteiger partial charge is 0.389 e. The highest BCUT2D eigenvalue weighted by atomic mass is 16.3. The van der Waals surface area contributed by atoms with Crippen LogP contribution in [0.4, 0.5) is 0 Å². The second-order valence-electron chi connectivity index (χ2n) is 11.7. The van der Waals surface area contributed by atoms with Crippen LogP contribution in [-0.4, -0.2) is 17.0 Å². The van der Waals surface area contributed by atoms with Gasteiger partial charge in [0.05, 0.1) is 6.10 Å². The first kappa shape index (κ1) is 21.3. The maximum atomic E-state index is 12.0. The number of rotatable bonds is 4. The fraction of sp³-hybridized carbons (Fsp3) is 0.815. The first-order chi connectivity index (χ1) is 13.7. The Kier molecular flexibility index (Phi) is 5.64. The number of aliphatic hydroxyl groups is 1. The van der Waals surface area contributed by atoms with Crippen LogP contribution in [0.25, 0.3) is 0 Å². The normalized spacial score (nSPS) is 44.2. The molecule has 0 aromatic carbocycles. The number of aliphatic hydroxyl groups excluding tert-OH is 1. The number of fused-ring (bicyclic) bond motifs is 5. The maximum absolute atomic E-state index is 12.0. The van der Waals surface area contributed by atoms with E-state index in [9.17, 15) is 9.90 Å². The molecule has 0 saturated heterocycles. The molecule has 3 saturated carbocycles. The van der Waals surface area contributed by atoms with Gasteiger partial charge in [0.1, 0.15) is 0 Å². The fourth-order valence-corrected chi connectivity index (χ4v) is 8.11. The van der Waals surface area contributed by atoms with Crippen molar-refractivity contribution in [2.45, 2.75) is 92.1 Å². The van der Waals surface area contributed by atoms with E-state index in [1.165, 1.54) is 37.7 Å². The van der Waals surface area contributed by atoms with E-state index in [2.05, 4.69) is 46.8 Å². The molecule has 1 N–H and O–H groups in total. The molecule has 0 aliphatic heterocycles. The molecule has 0 aromatic rings. The second kappa shape index (κ2) is 7.66. The predicted octanol–water partition coefficient (Wildman–Crippen LogP) is 6.34. The van der Waals surface area contributed by atoms with Crippen molar-refractivity contribution in [3.8, 4) is 0 Å². The number of allylic oxidation sites excluding steroid dienone is 2. The van der Waals surface area contributed by atoms with E-state index in [-0.39, 0.29) is 17.4 Å². The van der Waals surface area contributed by atoms with Gasteiger partial charge in [-0.05, 0) is 97.4 Å². The Morgan fingerprint density at radius 3 is 2.48 bits per heavy atom. The van der Waals surface area contributed by atoms with Crippen molar-refractivity contribution >= 4 is 5.78 Å². The molecule has 2 heteroatoms. The molecule has 4 rings (SSSR count). The van der Waals surface area contributed by atoms with Crippen molar-refractivity contribution < 1.29 is 9.90 Å². The van der Waals surface area contributed by atoms with Crippen molar-refractivity contribution in [1.29, 1.82) is 0 Å². The maximum Gasteiger partial charge on any atom is 0.155 e. The van der Waals surface area contributed by atoms with E-state index < -0.39 is 0 Å². The Morgan fingerprint density at radius 2 is 1.76 bits per heavy atom. The number of ketones is 1. The van der Waals surface area contributed by atoms with Gasteiger partial charge >= 0.3 is 0 Å². The molecule has 0 radical (unpaired) electrons. The summed E-state index contributed by atoms with van der Waals surface area (Å²) in [6.07, 6.45) is 15.7. The highest BCUT2D eigenvalue weighted by molar-refractivity contribution is 5.91. The summed E-state index contributed by atoms with van der Waals surface area (Å²) in [4.78, 5) is 12.0. The molecule has 162 valence electrons. The quantitative estimate of drug-likeness (QED) is 0.561. The molecular formula is C27H42O2. The topological polar surface area (TPSA) is 37.3 Å². The Morgan fingerprint density at radius 1 is 1.00 bits per heavy atom. The highest BCUT2D eigenvalue weighted by Gasteiger charge is 2.59. The second-order valence-corrected chi connectivity index (χ2v) is 11.7. The Labute approximate surface area is 178 Å². The highest BCUT2D eigenvalue weighted by Crippen LogP contribution is 2.67. The van der Waals surface area contributed by atoms with E-state index in [1.54, 1.807) is 0 Å². The van der Waals surface area contributed by atoms with Crippen molar-refractivity contribution in [3.05, 3.63) is 23.8 Å². The first-order valence-corrected chi connectivity index (χ1v) is 12.3. The van der Waals surface area contributed by atoms with Gasteiger partial charge in [-0.3, -0.25) is 4.79 Å². The minimum atomic E-state index is -0.323. The third-order valence-electron chi connectivity index (χ3n) is 9.96. The minimum Gasteiger partial charge on any atom is -0.389 e. The van der Waals surface area contributed by atoms with Crippen LogP contribution in [-0.2, 0) is 4.79 Å². The van der Waals surface area contributed by atoms with E-state index in [0.717, 1.165) is 42.9 Å². The van der Waals surface area contributed by atoms with E-state index >= 15 is 0 Å². The Balaban J connectivity index is 1.53. The zero-order valence-electron chi connectivity index (χ0n) is 19.3. The molecule has 0 spiro atoms. The zero-order chi connectivity index (χ0) is 21.0. The Bertz CT molecular complexity index is 703. The van der Waals surface area contributed by atoms with Gasteiger partial charge in [0.2, 0.25) is 0 Å². The van der Waals surface area contributed by atoms with E-state index in [4.69, 9.17) is 0 Å². The summed E-state index contributed by atoms with van der Waals surface area (Å²) >= 11 is 0. The van der Waals surface area contributed by atoms with E-state index in [0.29, 0.717) is 17.1 Å². The van der Waals surface area contributed by atoms with Gasteiger partial charge < -0.3 is 5.11 Å². The summed E-state index contributed by atoms with van der Waals surface area (Å²) in [5, 5.41) is 10.2.